The highest BCUT2D eigenvalue weighted by molar-refractivity contribution is 7.80. The largest absolute Gasteiger partial charge is 0.480 e. The van der Waals surface area contributed by atoms with Gasteiger partial charge in [-0.1, -0.05) is 33.1 Å². The van der Waals surface area contributed by atoms with Crippen LogP contribution >= 0.6 is 12.6 Å². The van der Waals surface area contributed by atoms with E-state index in [0.29, 0.717) is 0 Å². The van der Waals surface area contributed by atoms with Gasteiger partial charge in [0.05, 0.1) is 0 Å². The number of carbonyl (C=O) groups excluding carboxylic acids is 1. The summed E-state index contributed by atoms with van der Waals surface area (Å²) < 4.78 is 0. The SMILES string of the molecule is CC(C)CCCC1CCC(C(=O)N[C@@H](CS)C(=O)O)CC1. The van der Waals surface area contributed by atoms with Gasteiger partial charge < -0.3 is 10.4 Å². The zero-order valence-electron chi connectivity index (χ0n) is 13.2. The molecule has 1 aliphatic carbocycles. The summed E-state index contributed by atoms with van der Waals surface area (Å²) in [6.07, 6.45) is 7.78. The van der Waals surface area contributed by atoms with Crippen molar-refractivity contribution >= 4 is 24.5 Å². The summed E-state index contributed by atoms with van der Waals surface area (Å²) in [6.45, 7) is 4.50. The standard InChI is InChI=1S/C16H29NO3S/c1-11(2)4-3-5-12-6-8-13(9-7-12)15(18)17-14(10-21)16(19)20/h11-14,21H,3-10H2,1-2H3,(H,17,18)(H,19,20)/t12?,13?,14-/m0/s1. The quantitative estimate of drug-likeness (QED) is 0.603. The van der Waals surface area contributed by atoms with Gasteiger partial charge in [-0.15, -0.1) is 0 Å². The van der Waals surface area contributed by atoms with Crippen LogP contribution in [0.5, 0.6) is 0 Å². The molecule has 1 saturated carbocycles. The van der Waals surface area contributed by atoms with Gasteiger partial charge in [0.2, 0.25) is 5.91 Å². The predicted molar refractivity (Wildman–Crippen MR) is 87.6 cm³/mol. The van der Waals surface area contributed by atoms with E-state index in [1.807, 2.05) is 0 Å². The third-order valence-corrected chi connectivity index (χ3v) is 4.77. The van der Waals surface area contributed by atoms with Gasteiger partial charge in [0.15, 0.2) is 0 Å². The fraction of sp³-hybridized carbons (Fsp3) is 0.875. The molecule has 0 bridgehead atoms. The highest BCUT2D eigenvalue weighted by atomic mass is 32.1. The molecule has 0 spiro atoms. The normalized spacial score (nSPS) is 23.8. The molecule has 1 fully saturated rings. The minimum Gasteiger partial charge on any atom is -0.480 e. The molecule has 1 aliphatic rings. The molecule has 0 heterocycles. The zero-order chi connectivity index (χ0) is 15.8. The second kappa shape index (κ2) is 9.34. The maximum Gasteiger partial charge on any atom is 0.327 e. The van der Waals surface area contributed by atoms with Crippen LogP contribution < -0.4 is 5.32 Å². The Morgan fingerprint density at radius 3 is 2.33 bits per heavy atom. The Labute approximate surface area is 133 Å². The molecule has 0 unspecified atom stereocenters. The molecule has 0 aromatic carbocycles. The lowest BCUT2D eigenvalue weighted by atomic mass is 9.79. The van der Waals surface area contributed by atoms with Crippen LogP contribution in [0.4, 0.5) is 0 Å². The molecule has 4 nitrogen and oxygen atoms in total. The Morgan fingerprint density at radius 2 is 1.86 bits per heavy atom. The first kappa shape index (κ1) is 18.3. The number of carboxylic acids is 1. The number of amides is 1. The third-order valence-electron chi connectivity index (χ3n) is 4.41. The minimum absolute atomic E-state index is 0.0203. The number of rotatable bonds is 8. The second-order valence-electron chi connectivity index (χ2n) is 6.62. The number of carbonyl (C=O) groups is 2. The van der Waals surface area contributed by atoms with Crippen molar-refractivity contribution in [2.75, 3.05) is 5.75 Å². The Bertz CT molecular complexity index is 338. The number of nitrogens with one attached hydrogen (secondary N) is 1. The van der Waals surface area contributed by atoms with E-state index in [4.69, 9.17) is 5.11 Å². The second-order valence-corrected chi connectivity index (χ2v) is 6.99. The van der Waals surface area contributed by atoms with Gasteiger partial charge in [-0.3, -0.25) is 4.79 Å². The van der Waals surface area contributed by atoms with Crippen LogP contribution in [-0.2, 0) is 9.59 Å². The van der Waals surface area contributed by atoms with Crippen molar-refractivity contribution in [2.45, 2.75) is 64.8 Å². The van der Waals surface area contributed by atoms with Gasteiger partial charge in [-0.05, 0) is 37.5 Å². The number of aliphatic carboxylic acids is 1. The van der Waals surface area contributed by atoms with E-state index in [1.165, 1.54) is 19.3 Å². The van der Waals surface area contributed by atoms with E-state index in [-0.39, 0.29) is 17.6 Å². The Morgan fingerprint density at radius 1 is 1.24 bits per heavy atom. The van der Waals surface area contributed by atoms with Crippen molar-refractivity contribution in [3.8, 4) is 0 Å². The summed E-state index contributed by atoms with van der Waals surface area (Å²) in [5, 5.41) is 11.5. The van der Waals surface area contributed by atoms with E-state index in [2.05, 4.69) is 31.8 Å². The fourth-order valence-electron chi connectivity index (χ4n) is 3.00. The van der Waals surface area contributed by atoms with E-state index in [0.717, 1.165) is 37.5 Å². The first-order chi connectivity index (χ1) is 9.93. The van der Waals surface area contributed by atoms with Crippen molar-refractivity contribution in [3.63, 3.8) is 0 Å². The molecular weight excluding hydrogens is 286 g/mol. The van der Waals surface area contributed by atoms with Gasteiger partial charge in [0.25, 0.3) is 0 Å². The molecule has 122 valence electrons. The van der Waals surface area contributed by atoms with Crippen LogP contribution in [0.15, 0.2) is 0 Å². The van der Waals surface area contributed by atoms with Gasteiger partial charge in [0, 0.05) is 11.7 Å². The maximum absolute atomic E-state index is 12.1. The maximum atomic E-state index is 12.1. The third kappa shape index (κ3) is 6.72. The highest BCUT2D eigenvalue weighted by Gasteiger charge is 2.28. The number of thiol groups is 1. The molecule has 0 saturated heterocycles. The molecule has 0 radical (unpaired) electrons. The van der Waals surface area contributed by atoms with Crippen molar-refractivity contribution in [1.29, 1.82) is 0 Å². The predicted octanol–water partition coefficient (Wildman–Crippen LogP) is 3.12. The summed E-state index contributed by atoms with van der Waals surface area (Å²) in [6, 6.07) is -0.871. The monoisotopic (exact) mass is 315 g/mol. The zero-order valence-corrected chi connectivity index (χ0v) is 14.1. The van der Waals surface area contributed by atoms with Crippen LogP contribution in [0, 0.1) is 17.8 Å². The van der Waals surface area contributed by atoms with Crippen molar-refractivity contribution in [1.82, 2.24) is 5.32 Å². The molecular formula is C16H29NO3S. The van der Waals surface area contributed by atoms with E-state index in [9.17, 15) is 9.59 Å². The van der Waals surface area contributed by atoms with Gasteiger partial charge in [-0.25, -0.2) is 4.79 Å². The van der Waals surface area contributed by atoms with E-state index < -0.39 is 12.0 Å². The van der Waals surface area contributed by atoms with Gasteiger partial charge in [0.1, 0.15) is 6.04 Å². The summed E-state index contributed by atoms with van der Waals surface area (Å²) in [4.78, 5) is 23.0. The van der Waals surface area contributed by atoms with Crippen molar-refractivity contribution in [2.24, 2.45) is 17.8 Å². The molecule has 5 heteroatoms. The van der Waals surface area contributed by atoms with Crippen LogP contribution in [-0.4, -0.2) is 28.8 Å². The first-order valence-electron chi connectivity index (χ1n) is 8.08. The van der Waals surface area contributed by atoms with E-state index in [1.54, 1.807) is 0 Å². The Balaban J connectivity index is 2.28. The lowest BCUT2D eigenvalue weighted by Gasteiger charge is -2.28. The minimum atomic E-state index is -1.01. The van der Waals surface area contributed by atoms with E-state index >= 15 is 0 Å². The topological polar surface area (TPSA) is 66.4 Å². The summed E-state index contributed by atoms with van der Waals surface area (Å²) >= 11 is 3.97. The number of hydrogen-bond donors (Lipinski definition) is 3. The lowest BCUT2D eigenvalue weighted by Crippen LogP contribution is -2.45. The van der Waals surface area contributed by atoms with Crippen molar-refractivity contribution < 1.29 is 14.7 Å². The average Bonchev–Trinajstić information content (AvgIpc) is 2.44. The summed E-state index contributed by atoms with van der Waals surface area (Å²) in [5.41, 5.74) is 0. The van der Waals surface area contributed by atoms with Crippen LogP contribution in [0.3, 0.4) is 0 Å². The molecule has 1 amide bonds. The molecule has 2 N–H and O–H groups in total. The van der Waals surface area contributed by atoms with Crippen LogP contribution in [0.2, 0.25) is 0 Å². The molecule has 1 atom stereocenters. The summed E-state index contributed by atoms with van der Waals surface area (Å²) in [7, 11) is 0. The molecule has 0 aromatic rings. The van der Waals surface area contributed by atoms with Gasteiger partial charge >= 0.3 is 5.97 Å². The Kier molecular flexibility index (Phi) is 8.15. The highest BCUT2D eigenvalue weighted by Crippen LogP contribution is 2.32. The van der Waals surface area contributed by atoms with Crippen LogP contribution in [0.1, 0.15) is 58.8 Å². The van der Waals surface area contributed by atoms with Crippen LogP contribution in [0.25, 0.3) is 0 Å². The fourth-order valence-corrected chi connectivity index (χ4v) is 3.25. The molecule has 0 aliphatic heterocycles. The molecule has 21 heavy (non-hydrogen) atoms. The molecule has 0 aromatic heterocycles. The number of hydrogen-bond acceptors (Lipinski definition) is 3. The van der Waals surface area contributed by atoms with Crippen molar-refractivity contribution in [3.05, 3.63) is 0 Å². The smallest absolute Gasteiger partial charge is 0.327 e. The van der Waals surface area contributed by atoms with Gasteiger partial charge in [-0.2, -0.15) is 12.6 Å². The lowest BCUT2D eigenvalue weighted by molar-refractivity contribution is -0.142. The molecule has 1 rings (SSSR count). The average molecular weight is 315 g/mol. The number of carboxylic acid groups (broad SMARTS) is 1. The Hall–Kier alpha value is -0.710. The summed E-state index contributed by atoms with van der Waals surface area (Å²) in [5.74, 6) is 0.492. The first-order valence-corrected chi connectivity index (χ1v) is 8.71.